The Kier molecular flexibility index (Phi) is 4.54. The van der Waals surface area contributed by atoms with Crippen LogP contribution in [-0.2, 0) is 9.53 Å². The summed E-state index contributed by atoms with van der Waals surface area (Å²) in [6.45, 7) is 4.43. The van der Waals surface area contributed by atoms with Gasteiger partial charge in [0.15, 0.2) is 0 Å². The Morgan fingerprint density at radius 1 is 1.60 bits per heavy atom. The predicted molar refractivity (Wildman–Crippen MR) is 59.8 cm³/mol. The van der Waals surface area contributed by atoms with Gasteiger partial charge in [-0.3, -0.25) is 4.79 Å². The SMILES string of the molecule is COCCCN(C)C(=O)C1(C)CCCN1. The summed E-state index contributed by atoms with van der Waals surface area (Å²) in [6, 6.07) is 0. The fourth-order valence-electron chi connectivity index (χ4n) is 2.05. The van der Waals surface area contributed by atoms with E-state index < -0.39 is 0 Å². The van der Waals surface area contributed by atoms with Crippen LogP contribution in [0.3, 0.4) is 0 Å². The summed E-state index contributed by atoms with van der Waals surface area (Å²) in [5.74, 6) is 0.205. The van der Waals surface area contributed by atoms with Crippen LogP contribution in [0, 0.1) is 0 Å². The van der Waals surface area contributed by atoms with E-state index in [4.69, 9.17) is 4.74 Å². The maximum absolute atomic E-state index is 12.1. The summed E-state index contributed by atoms with van der Waals surface area (Å²) in [6.07, 6.45) is 2.93. The van der Waals surface area contributed by atoms with E-state index >= 15 is 0 Å². The third-order valence-electron chi connectivity index (χ3n) is 3.03. The first-order chi connectivity index (χ1) is 7.10. The van der Waals surface area contributed by atoms with Gasteiger partial charge < -0.3 is 15.0 Å². The van der Waals surface area contributed by atoms with Crippen LogP contribution in [-0.4, -0.2) is 50.2 Å². The van der Waals surface area contributed by atoms with Crippen LogP contribution in [0.1, 0.15) is 26.2 Å². The van der Waals surface area contributed by atoms with Crippen molar-refractivity contribution < 1.29 is 9.53 Å². The number of hydrogen-bond donors (Lipinski definition) is 1. The molecule has 1 N–H and O–H groups in total. The molecule has 0 aromatic rings. The Labute approximate surface area is 92.0 Å². The monoisotopic (exact) mass is 214 g/mol. The molecule has 1 fully saturated rings. The van der Waals surface area contributed by atoms with Crippen molar-refractivity contribution in [2.45, 2.75) is 31.7 Å². The summed E-state index contributed by atoms with van der Waals surface area (Å²) in [7, 11) is 3.55. The fourth-order valence-corrected chi connectivity index (χ4v) is 2.05. The van der Waals surface area contributed by atoms with E-state index in [0.29, 0.717) is 6.61 Å². The number of carbonyl (C=O) groups is 1. The lowest BCUT2D eigenvalue weighted by Crippen LogP contribution is -2.51. The van der Waals surface area contributed by atoms with Crippen molar-refractivity contribution in [1.82, 2.24) is 10.2 Å². The minimum absolute atomic E-state index is 0.205. The van der Waals surface area contributed by atoms with Crippen molar-refractivity contribution in [2.24, 2.45) is 0 Å². The highest BCUT2D eigenvalue weighted by molar-refractivity contribution is 5.86. The van der Waals surface area contributed by atoms with Gasteiger partial charge in [0.25, 0.3) is 0 Å². The average Bonchev–Trinajstić information content (AvgIpc) is 2.65. The standard InChI is InChI=1S/C11H22N2O2/c1-11(6-4-7-12-11)10(14)13(2)8-5-9-15-3/h12H,4-9H2,1-3H3. The van der Waals surface area contributed by atoms with Crippen molar-refractivity contribution in [3.05, 3.63) is 0 Å². The highest BCUT2D eigenvalue weighted by Crippen LogP contribution is 2.20. The van der Waals surface area contributed by atoms with Crippen molar-refractivity contribution in [3.8, 4) is 0 Å². The van der Waals surface area contributed by atoms with Crippen LogP contribution in [0.25, 0.3) is 0 Å². The van der Waals surface area contributed by atoms with Gasteiger partial charge in [-0.05, 0) is 32.7 Å². The summed E-state index contributed by atoms with van der Waals surface area (Å²) >= 11 is 0. The molecule has 0 aromatic heterocycles. The molecular formula is C11H22N2O2. The summed E-state index contributed by atoms with van der Waals surface area (Å²) in [4.78, 5) is 13.9. The molecule has 0 spiro atoms. The Morgan fingerprint density at radius 2 is 2.33 bits per heavy atom. The van der Waals surface area contributed by atoms with Crippen LogP contribution in [0.4, 0.5) is 0 Å². The number of nitrogens with zero attached hydrogens (tertiary/aromatic N) is 1. The van der Waals surface area contributed by atoms with Gasteiger partial charge >= 0.3 is 0 Å². The van der Waals surface area contributed by atoms with E-state index in [-0.39, 0.29) is 11.4 Å². The molecule has 1 aliphatic heterocycles. The number of hydrogen-bond acceptors (Lipinski definition) is 3. The van der Waals surface area contributed by atoms with E-state index in [0.717, 1.165) is 32.4 Å². The third kappa shape index (κ3) is 3.18. The molecule has 15 heavy (non-hydrogen) atoms. The maximum atomic E-state index is 12.1. The molecular weight excluding hydrogens is 192 g/mol. The smallest absolute Gasteiger partial charge is 0.242 e. The summed E-state index contributed by atoms with van der Waals surface area (Å²) in [5, 5.41) is 3.28. The van der Waals surface area contributed by atoms with Gasteiger partial charge in [-0.2, -0.15) is 0 Å². The van der Waals surface area contributed by atoms with Gasteiger partial charge in [-0.25, -0.2) is 0 Å². The second-order valence-corrected chi connectivity index (χ2v) is 4.44. The fraction of sp³-hybridized carbons (Fsp3) is 0.909. The van der Waals surface area contributed by atoms with E-state index in [1.54, 1.807) is 12.0 Å². The number of amides is 1. The molecule has 1 aliphatic rings. The molecule has 4 nitrogen and oxygen atoms in total. The molecule has 1 atom stereocenters. The van der Waals surface area contributed by atoms with Crippen molar-refractivity contribution in [1.29, 1.82) is 0 Å². The van der Waals surface area contributed by atoms with Crippen LogP contribution < -0.4 is 5.32 Å². The lowest BCUT2D eigenvalue weighted by atomic mass is 9.98. The number of likely N-dealkylation sites (N-methyl/N-ethyl adjacent to an activating group) is 1. The molecule has 0 saturated carbocycles. The first-order valence-electron chi connectivity index (χ1n) is 5.60. The van der Waals surface area contributed by atoms with Gasteiger partial charge in [0, 0.05) is 27.3 Å². The molecule has 1 saturated heterocycles. The number of methoxy groups -OCH3 is 1. The minimum Gasteiger partial charge on any atom is -0.385 e. The molecule has 0 aromatic carbocycles. The van der Waals surface area contributed by atoms with Crippen LogP contribution in [0.2, 0.25) is 0 Å². The quantitative estimate of drug-likeness (QED) is 0.682. The van der Waals surface area contributed by atoms with E-state index in [1.807, 2.05) is 14.0 Å². The highest BCUT2D eigenvalue weighted by atomic mass is 16.5. The van der Waals surface area contributed by atoms with Crippen LogP contribution >= 0.6 is 0 Å². The van der Waals surface area contributed by atoms with E-state index in [9.17, 15) is 4.79 Å². The largest absolute Gasteiger partial charge is 0.385 e. The first-order valence-corrected chi connectivity index (χ1v) is 5.60. The molecule has 1 unspecified atom stereocenters. The zero-order valence-electron chi connectivity index (χ0n) is 10.0. The van der Waals surface area contributed by atoms with Gasteiger partial charge in [0.05, 0.1) is 5.54 Å². The number of nitrogens with one attached hydrogen (secondary N) is 1. The molecule has 0 radical (unpaired) electrons. The van der Waals surface area contributed by atoms with Crippen LogP contribution in [0.5, 0.6) is 0 Å². The van der Waals surface area contributed by atoms with Crippen molar-refractivity contribution in [3.63, 3.8) is 0 Å². The summed E-state index contributed by atoms with van der Waals surface area (Å²) in [5.41, 5.74) is -0.332. The van der Waals surface area contributed by atoms with Gasteiger partial charge in [-0.15, -0.1) is 0 Å². The van der Waals surface area contributed by atoms with Gasteiger partial charge in [0.1, 0.15) is 0 Å². The minimum atomic E-state index is -0.332. The van der Waals surface area contributed by atoms with Gasteiger partial charge in [-0.1, -0.05) is 0 Å². The third-order valence-corrected chi connectivity index (χ3v) is 3.03. The molecule has 0 aliphatic carbocycles. The highest BCUT2D eigenvalue weighted by Gasteiger charge is 2.37. The average molecular weight is 214 g/mol. The molecule has 4 heteroatoms. The Morgan fingerprint density at radius 3 is 2.87 bits per heavy atom. The molecule has 88 valence electrons. The first kappa shape index (κ1) is 12.5. The lowest BCUT2D eigenvalue weighted by Gasteiger charge is -2.29. The topological polar surface area (TPSA) is 41.6 Å². The Balaban J connectivity index is 2.38. The Bertz CT molecular complexity index is 213. The predicted octanol–water partition coefficient (Wildman–Crippen LogP) is 0.623. The molecule has 0 bridgehead atoms. The van der Waals surface area contributed by atoms with Crippen LogP contribution in [0.15, 0.2) is 0 Å². The zero-order valence-corrected chi connectivity index (χ0v) is 10.0. The van der Waals surface area contributed by atoms with E-state index in [1.165, 1.54) is 0 Å². The molecule has 1 rings (SSSR count). The van der Waals surface area contributed by atoms with Gasteiger partial charge in [0.2, 0.25) is 5.91 Å². The normalized spacial score (nSPS) is 25.5. The van der Waals surface area contributed by atoms with Crippen molar-refractivity contribution >= 4 is 5.91 Å². The lowest BCUT2D eigenvalue weighted by molar-refractivity contribution is -0.136. The number of ether oxygens (including phenoxy) is 1. The zero-order chi connectivity index (χ0) is 11.3. The number of carbonyl (C=O) groups excluding carboxylic acids is 1. The second-order valence-electron chi connectivity index (χ2n) is 4.44. The molecule has 1 amide bonds. The Hall–Kier alpha value is -0.610. The maximum Gasteiger partial charge on any atom is 0.242 e. The number of rotatable bonds is 5. The summed E-state index contributed by atoms with van der Waals surface area (Å²) < 4.78 is 4.97. The second kappa shape index (κ2) is 5.47. The molecule has 1 heterocycles. The van der Waals surface area contributed by atoms with Crippen molar-refractivity contribution in [2.75, 3.05) is 33.9 Å². The van der Waals surface area contributed by atoms with E-state index in [2.05, 4.69) is 5.32 Å².